The Balaban J connectivity index is 1.47. The first-order chi connectivity index (χ1) is 10.6. The number of carbonyl (C=O) groups excluding carboxylic acids is 1. The molecule has 0 radical (unpaired) electrons. The van der Waals surface area contributed by atoms with Crippen molar-refractivity contribution in [1.82, 2.24) is 14.9 Å². The Morgan fingerprint density at radius 2 is 2.09 bits per heavy atom. The molecule has 1 aliphatic carbocycles. The lowest BCUT2D eigenvalue weighted by Crippen LogP contribution is -2.34. The molecule has 3 rings (SSSR count). The Kier molecular flexibility index (Phi) is 4.57. The molecule has 0 aromatic carbocycles. The smallest absolute Gasteiger partial charge is 0.322 e. The molecule has 6 nitrogen and oxygen atoms in total. The van der Waals surface area contributed by atoms with Gasteiger partial charge >= 0.3 is 6.03 Å². The molecular weight excluding hydrogens is 280 g/mol. The van der Waals surface area contributed by atoms with Crippen molar-refractivity contribution in [3.05, 3.63) is 18.2 Å². The lowest BCUT2D eigenvalue weighted by molar-refractivity contribution is 0.0440. The molecule has 120 valence electrons. The summed E-state index contributed by atoms with van der Waals surface area (Å²) >= 11 is 0. The summed E-state index contributed by atoms with van der Waals surface area (Å²) in [6, 6.07) is -0.0987. The minimum Gasteiger partial charge on any atom is -0.376 e. The molecule has 2 heterocycles. The molecule has 0 spiro atoms. The molecular formula is C16H24N4O2. The molecule has 1 saturated carbocycles. The van der Waals surface area contributed by atoms with Crippen molar-refractivity contribution in [2.45, 2.75) is 45.1 Å². The second kappa shape index (κ2) is 6.60. The van der Waals surface area contributed by atoms with Crippen LogP contribution in [-0.4, -0.2) is 46.7 Å². The topological polar surface area (TPSA) is 67.3 Å². The number of amides is 2. The van der Waals surface area contributed by atoms with E-state index in [0.717, 1.165) is 25.4 Å². The summed E-state index contributed by atoms with van der Waals surface area (Å²) in [5, 5.41) is 2.86. The lowest BCUT2D eigenvalue weighted by atomic mass is 10.2. The SMILES string of the molecule is CC(C)COC1CCN(C(=O)Nc2cnc(C3CC3)nc2)C1. The molecule has 1 unspecified atom stereocenters. The third kappa shape index (κ3) is 3.94. The Morgan fingerprint density at radius 3 is 2.73 bits per heavy atom. The first-order valence-electron chi connectivity index (χ1n) is 8.11. The maximum absolute atomic E-state index is 12.2. The third-order valence-electron chi connectivity index (χ3n) is 3.96. The summed E-state index contributed by atoms with van der Waals surface area (Å²) < 4.78 is 5.80. The van der Waals surface area contributed by atoms with E-state index in [1.807, 2.05) is 0 Å². The normalized spacial score (nSPS) is 21.4. The van der Waals surface area contributed by atoms with E-state index in [-0.39, 0.29) is 12.1 Å². The summed E-state index contributed by atoms with van der Waals surface area (Å²) in [5.74, 6) is 1.94. The summed E-state index contributed by atoms with van der Waals surface area (Å²) in [7, 11) is 0. The van der Waals surface area contributed by atoms with Crippen LogP contribution in [0.4, 0.5) is 10.5 Å². The summed E-state index contributed by atoms with van der Waals surface area (Å²) in [6.45, 7) is 6.39. The van der Waals surface area contributed by atoms with Gasteiger partial charge in [-0.2, -0.15) is 0 Å². The highest BCUT2D eigenvalue weighted by molar-refractivity contribution is 5.89. The predicted molar refractivity (Wildman–Crippen MR) is 83.8 cm³/mol. The van der Waals surface area contributed by atoms with Crippen LogP contribution in [0.1, 0.15) is 44.9 Å². The Morgan fingerprint density at radius 1 is 1.36 bits per heavy atom. The van der Waals surface area contributed by atoms with Gasteiger partial charge in [-0.3, -0.25) is 0 Å². The zero-order valence-corrected chi connectivity index (χ0v) is 13.3. The minimum absolute atomic E-state index is 0.0987. The highest BCUT2D eigenvalue weighted by atomic mass is 16.5. The van der Waals surface area contributed by atoms with Gasteiger partial charge < -0.3 is 15.0 Å². The molecule has 6 heteroatoms. The average molecular weight is 304 g/mol. The predicted octanol–water partition coefficient (Wildman–Crippen LogP) is 2.63. The van der Waals surface area contributed by atoms with E-state index in [1.54, 1.807) is 17.3 Å². The van der Waals surface area contributed by atoms with Crippen LogP contribution in [0.5, 0.6) is 0 Å². The highest BCUT2D eigenvalue weighted by Gasteiger charge is 2.28. The Hall–Kier alpha value is -1.69. The van der Waals surface area contributed by atoms with E-state index in [1.165, 1.54) is 12.8 Å². The van der Waals surface area contributed by atoms with E-state index >= 15 is 0 Å². The Labute approximate surface area is 131 Å². The van der Waals surface area contributed by atoms with Crippen LogP contribution in [0.25, 0.3) is 0 Å². The standard InChI is InChI=1S/C16H24N4O2/c1-11(2)10-22-14-5-6-20(9-14)16(21)19-13-7-17-15(18-8-13)12-3-4-12/h7-8,11-12,14H,3-6,9-10H2,1-2H3,(H,19,21). The molecule has 2 fully saturated rings. The Bertz CT molecular complexity index is 513. The van der Waals surface area contributed by atoms with E-state index in [4.69, 9.17) is 4.74 Å². The molecule has 22 heavy (non-hydrogen) atoms. The minimum atomic E-state index is -0.0987. The maximum Gasteiger partial charge on any atom is 0.322 e. The van der Waals surface area contributed by atoms with Crippen LogP contribution in [0.15, 0.2) is 12.4 Å². The maximum atomic E-state index is 12.2. The molecule has 0 bridgehead atoms. The number of urea groups is 1. The second-order valence-electron chi connectivity index (χ2n) is 6.62. The fourth-order valence-corrected chi connectivity index (χ4v) is 2.53. The third-order valence-corrected chi connectivity index (χ3v) is 3.96. The number of rotatable bonds is 5. The van der Waals surface area contributed by atoms with Crippen LogP contribution in [0.2, 0.25) is 0 Å². The fourth-order valence-electron chi connectivity index (χ4n) is 2.53. The van der Waals surface area contributed by atoms with E-state index in [0.29, 0.717) is 24.1 Å². The number of aromatic nitrogens is 2. The van der Waals surface area contributed by atoms with Crippen LogP contribution in [-0.2, 0) is 4.74 Å². The van der Waals surface area contributed by atoms with Gasteiger partial charge in [-0.25, -0.2) is 14.8 Å². The molecule has 1 atom stereocenters. The summed E-state index contributed by atoms with van der Waals surface area (Å²) in [5.41, 5.74) is 0.654. The highest BCUT2D eigenvalue weighted by Crippen LogP contribution is 2.37. The van der Waals surface area contributed by atoms with Crippen molar-refractivity contribution in [2.24, 2.45) is 5.92 Å². The quantitative estimate of drug-likeness (QED) is 0.908. The zero-order chi connectivity index (χ0) is 15.5. The molecule has 2 amide bonds. The van der Waals surface area contributed by atoms with E-state index in [9.17, 15) is 4.79 Å². The van der Waals surface area contributed by atoms with Gasteiger partial charge in [0.05, 0.1) is 24.2 Å². The monoisotopic (exact) mass is 304 g/mol. The number of carbonyl (C=O) groups is 1. The van der Waals surface area contributed by atoms with Gasteiger partial charge in [0, 0.05) is 25.6 Å². The van der Waals surface area contributed by atoms with Crippen molar-refractivity contribution in [3.63, 3.8) is 0 Å². The summed E-state index contributed by atoms with van der Waals surface area (Å²) in [6.07, 6.45) is 6.80. The molecule has 1 aromatic rings. The molecule has 1 saturated heterocycles. The first-order valence-corrected chi connectivity index (χ1v) is 8.11. The van der Waals surface area contributed by atoms with Crippen LogP contribution in [0, 0.1) is 5.92 Å². The molecule has 2 aliphatic rings. The van der Waals surface area contributed by atoms with Gasteiger partial charge in [0.15, 0.2) is 0 Å². The van der Waals surface area contributed by atoms with Gasteiger partial charge in [0.2, 0.25) is 0 Å². The summed E-state index contributed by atoms with van der Waals surface area (Å²) in [4.78, 5) is 22.7. The van der Waals surface area contributed by atoms with Crippen LogP contribution >= 0.6 is 0 Å². The number of nitrogens with zero attached hydrogens (tertiary/aromatic N) is 3. The van der Waals surface area contributed by atoms with Crippen molar-refractivity contribution >= 4 is 11.7 Å². The zero-order valence-electron chi connectivity index (χ0n) is 13.3. The molecule has 1 aliphatic heterocycles. The second-order valence-corrected chi connectivity index (χ2v) is 6.62. The van der Waals surface area contributed by atoms with E-state index in [2.05, 4.69) is 29.1 Å². The van der Waals surface area contributed by atoms with Crippen molar-refractivity contribution in [1.29, 1.82) is 0 Å². The fraction of sp³-hybridized carbons (Fsp3) is 0.688. The van der Waals surface area contributed by atoms with Crippen molar-refractivity contribution in [3.8, 4) is 0 Å². The average Bonchev–Trinajstić information content (AvgIpc) is 3.24. The van der Waals surface area contributed by atoms with Crippen LogP contribution in [0.3, 0.4) is 0 Å². The van der Waals surface area contributed by atoms with E-state index < -0.39 is 0 Å². The number of anilines is 1. The largest absolute Gasteiger partial charge is 0.376 e. The number of nitrogens with one attached hydrogen (secondary N) is 1. The van der Waals surface area contributed by atoms with Gasteiger partial charge in [-0.05, 0) is 25.2 Å². The van der Waals surface area contributed by atoms with Crippen molar-refractivity contribution < 1.29 is 9.53 Å². The number of ether oxygens (including phenoxy) is 1. The van der Waals surface area contributed by atoms with Gasteiger partial charge in [-0.15, -0.1) is 0 Å². The van der Waals surface area contributed by atoms with Gasteiger partial charge in [0.1, 0.15) is 5.82 Å². The van der Waals surface area contributed by atoms with Gasteiger partial charge in [0.25, 0.3) is 0 Å². The number of hydrogen-bond donors (Lipinski definition) is 1. The first kappa shape index (κ1) is 15.2. The number of likely N-dealkylation sites (tertiary alicyclic amines) is 1. The lowest BCUT2D eigenvalue weighted by Gasteiger charge is -2.18. The van der Waals surface area contributed by atoms with Gasteiger partial charge in [-0.1, -0.05) is 13.8 Å². The van der Waals surface area contributed by atoms with Crippen LogP contribution < -0.4 is 5.32 Å². The number of hydrogen-bond acceptors (Lipinski definition) is 4. The van der Waals surface area contributed by atoms with Crippen molar-refractivity contribution in [2.75, 3.05) is 25.0 Å². The molecule has 1 aromatic heterocycles. The molecule has 1 N–H and O–H groups in total.